The van der Waals surface area contributed by atoms with E-state index in [4.69, 9.17) is 5.11 Å². The molecule has 1 aliphatic rings. The van der Waals surface area contributed by atoms with E-state index in [0.717, 1.165) is 24.1 Å². The quantitative estimate of drug-likeness (QED) is 0.921. The van der Waals surface area contributed by atoms with Crippen molar-refractivity contribution in [3.05, 3.63) is 45.9 Å². The van der Waals surface area contributed by atoms with Crippen molar-refractivity contribution < 1.29 is 14.7 Å². The summed E-state index contributed by atoms with van der Waals surface area (Å²) in [5.74, 6) is -1.08. The molecule has 0 saturated carbocycles. The molecule has 0 atom stereocenters. The van der Waals surface area contributed by atoms with E-state index in [1.165, 1.54) is 17.4 Å². The molecular weight excluding hydrogens is 276 g/mol. The van der Waals surface area contributed by atoms with Crippen molar-refractivity contribution in [2.24, 2.45) is 0 Å². The number of rotatable bonds is 2. The average Bonchev–Trinajstić information content (AvgIpc) is 2.99. The molecule has 2 aromatic rings. The van der Waals surface area contributed by atoms with E-state index in [1.807, 2.05) is 0 Å². The number of aryl methyl sites for hydroxylation is 1. The number of carbonyl (C=O) groups excluding carboxylic acids is 1. The Labute approximate surface area is 119 Å². The van der Waals surface area contributed by atoms with Crippen molar-refractivity contribution >= 4 is 28.9 Å². The Hall–Kier alpha value is -2.21. The van der Waals surface area contributed by atoms with Crippen LogP contribution in [0.3, 0.4) is 0 Å². The number of thiazole rings is 1. The highest BCUT2D eigenvalue weighted by molar-refractivity contribution is 7.07. The van der Waals surface area contributed by atoms with Gasteiger partial charge in [-0.15, -0.1) is 11.3 Å². The van der Waals surface area contributed by atoms with Gasteiger partial charge in [-0.3, -0.25) is 4.79 Å². The summed E-state index contributed by atoms with van der Waals surface area (Å²) < 4.78 is 0. The summed E-state index contributed by atoms with van der Waals surface area (Å²) in [6, 6.07) is 4.90. The van der Waals surface area contributed by atoms with Gasteiger partial charge in [-0.1, -0.05) is 0 Å². The highest BCUT2D eigenvalue weighted by Crippen LogP contribution is 2.29. The summed E-state index contributed by atoms with van der Waals surface area (Å²) in [5.41, 5.74) is 4.02. The minimum absolute atomic E-state index is 0.129. The lowest BCUT2D eigenvalue weighted by molar-refractivity contribution is 0.0696. The third kappa shape index (κ3) is 2.18. The molecule has 3 rings (SSSR count). The molecule has 5 nitrogen and oxygen atoms in total. The molecule has 0 fully saturated rings. The van der Waals surface area contributed by atoms with E-state index in [2.05, 4.69) is 4.98 Å². The van der Waals surface area contributed by atoms with Gasteiger partial charge in [-0.25, -0.2) is 9.78 Å². The van der Waals surface area contributed by atoms with Crippen LogP contribution in [0.4, 0.5) is 5.69 Å². The summed E-state index contributed by atoms with van der Waals surface area (Å²) in [6.07, 6.45) is 1.61. The van der Waals surface area contributed by atoms with Crippen LogP contribution in [0.1, 0.15) is 32.8 Å². The van der Waals surface area contributed by atoms with Crippen molar-refractivity contribution in [1.29, 1.82) is 0 Å². The number of nitrogens with zero attached hydrogens (tertiary/aromatic N) is 2. The number of hydrogen-bond donors (Lipinski definition) is 1. The molecule has 1 aliphatic heterocycles. The molecule has 1 aromatic carbocycles. The van der Waals surface area contributed by atoms with Crippen LogP contribution in [0.2, 0.25) is 0 Å². The van der Waals surface area contributed by atoms with E-state index < -0.39 is 5.97 Å². The van der Waals surface area contributed by atoms with Crippen LogP contribution in [-0.4, -0.2) is 28.5 Å². The zero-order chi connectivity index (χ0) is 14.1. The molecule has 0 saturated heterocycles. The molecule has 1 aromatic heterocycles. The second-order valence-electron chi connectivity index (χ2n) is 4.58. The van der Waals surface area contributed by atoms with Crippen LogP contribution in [0.25, 0.3) is 0 Å². The van der Waals surface area contributed by atoms with Gasteiger partial charge in [0.25, 0.3) is 5.91 Å². The lowest BCUT2D eigenvalue weighted by Gasteiger charge is -2.29. The Kier molecular flexibility index (Phi) is 3.23. The van der Waals surface area contributed by atoms with Gasteiger partial charge < -0.3 is 10.0 Å². The highest BCUT2D eigenvalue weighted by atomic mass is 32.1. The Bertz CT molecular complexity index is 667. The number of fused-ring (bicyclic) bond motifs is 1. The number of carbonyl (C=O) groups is 2. The minimum Gasteiger partial charge on any atom is -0.478 e. The van der Waals surface area contributed by atoms with Crippen LogP contribution in [-0.2, 0) is 6.42 Å². The Balaban J connectivity index is 1.98. The van der Waals surface area contributed by atoms with Gasteiger partial charge >= 0.3 is 5.97 Å². The number of hydrogen-bond acceptors (Lipinski definition) is 4. The van der Waals surface area contributed by atoms with Crippen LogP contribution >= 0.6 is 11.3 Å². The summed E-state index contributed by atoms with van der Waals surface area (Å²) in [5, 5.41) is 10.7. The lowest BCUT2D eigenvalue weighted by Crippen LogP contribution is -2.35. The fourth-order valence-corrected chi connectivity index (χ4v) is 2.92. The zero-order valence-electron chi connectivity index (χ0n) is 10.6. The smallest absolute Gasteiger partial charge is 0.335 e. The zero-order valence-corrected chi connectivity index (χ0v) is 11.4. The summed E-state index contributed by atoms with van der Waals surface area (Å²) >= 11 is 1.38. The van der Waals surface area contributed by atoms with Gasteiger partial charge in [0.15, 0.2) is 0 Å². The Morgan fingerprint density at radius 3 is 2.90 bits per heavy atom. The first-order chi connectivity index (χ1) is 9.66. The van der Waals surface area contributed by atoms with Crippen molar-refractivity contribution in [1.82, 2.24) is 4.98 Å². The van der Waals surface area contributed by atoms with E-state index >= 15 is 0 Å². The maximum absolute atomic E-state index is 12.4. The first-order valence-electron chi connectivity index (χ1n) is 6.23. The molecule has 6 heteroatoms. The molecule has 2 heterocycles. The number of carboxylic acid groups (broad SMARTS) is 1. The number of benzene rings is 1. The van der Waals surface area contributed by atoms with Gasteiger partial charge in [0.05, 0.1) is 11.1 Å². The Morgan fingerprint density at radius 2 is 2.20 bits per heavy atom. The molecule has 0 unspecified atom stereocenters. The SMILES string of the molecule is O=C(O)c1ccc2c(c1)CCCN2C(=O)c1cscn1. The number of aromatic nitrogens is 1. The fourth-order valence-electron chi connectivity index (χ4n) is 2.40. The van der Waals surface area contributed by atoms with E-state index in [0.29, 0.717) is 12.2 Å². The van der Waals surface area contributed by atoms with Gasteiger partial charge in [-0.2, -0.15) is 0 Å². The van der Waals surface area contributed by atoms with Crippen molar-refractivity contribution in [3.63, 3.8) is 0 Å². The topological polar surface area (TPSA) is 70.5 Å². The standard InChI is InChI=1S/C14H12N2O3S/c17-13(11-7-20-8-15-11)16-5-1-2-9-6-10(14(18)19)3-4-12(9)16/h3-4,6-8H,1-2,5H2,(H,18,19). The molecule has 0 spiro atoms. The van der Waals surface area contributed by atoms with Gasteiger partial charge in [0.2, 0.25) is 0 Å². The maximum Gasteiger partial charge on any atom is 0.335 e. The largest absolute Gasteiger partial charge is 0.478 e. The normalized spacial score (nSPS) is 13.9. The molecule has 0 radical (unpaired) electrons. The van der Waals surface area contributed by atoms with E-state index in [-0.39, 0.29) is 11.5 Å². The van der Waals surface area contributed by atoms with Gasteiger partial charge in [-0.05, 0) is 36.6 Å². The monoisotopic (exact) mass is 288 g/mol. The maximum atomic E-state index is 12.4. The number of anilines is 1. The second-order valence-corrected chi connectivity index (χ2v) is 5.30. The third-order valence-electron chi connectivity index (χ3n) is 3.34. The highest BCUT2D eigenvalue weighted by Gasteiger charge is 2.25. The predicted molar refractivity (Wildman–Crippen MR) is 75.5 cm³/mol. The first-order valence-corrected chi connectivity index (χ1v) is 7.17. The lowest BCUT2D eigenvalue weighted by atomic mass is 9.99. The number of carboxylic acids is 1. The molecule has 0 bridgehead atoms. The predicted octanol–water partition coefficient (Wildman–Crippen LogP) is 2.43. The molecule has 1 amide bonds. The van der Waals surface area contributed by atoms with Crippen molar-refractivity contribution in [3.8, 4) is 0 Å². The molecule has 20 heavy (non-hydrogen) atoms. The summed E-state index contributed by atoms with van der Waals surface area (Å²) in [4.78, 5) is 29.1. The molecule has 1 N–H and O–H groups in total. The fraction of sp³-hybridized carbons (Fsp3) is 0.214. The number of amides is 1. The van der Waals surface area contributed by atoms with Crippen molar-refractivity contribution in [2.75, 3.05) is 11.4 Å². The average molecular weight is 288 g/mol. The summed E-state index contributed by atoms with van der Waals surface area (Å²) in [6.45, 7) is 0.635. The third-order valence-corrected chi connectivity index (χ3v) is 3.93. The van der Waals surface area contributed by atoms with Crippen molar-refractivity contribution in [2.45, 2.75) is 12.8 Å². The summed E-state index contributed by atoms with van der Waals surface area (Å²) in [7, 11) is 0. The molecule has 0 aliphatic carbocycles. The van der Waals surface area contributed by atoms with E-state index in [9.17, 15) is 9.59 Å². The van der Waals surface area contributed by atoms with Crippen LogP contribution in [0.5, 0.6) is 0 Å². The first kappa shape index (κ1) is 12.8. The second kappa shape index (κ2) is 5.05. The Morgan fingerprint density at radius 1 is 1.35 bits per heavy atom. The van der Waals surface area contributed by atoms with Crippen LogP contribution < -0.4 is 4.90 Å². The van der Waals surface area contributed by atoms with Gasteiger partial charge in [0.1, 0.15) is 5.69 Å². The molecule has 102 valence electrons. The minimum atomic E-state index is -0.948. The van der Waals surface area contributed by atoms with Crippen LogP contribution in [0, 0.1) is 0 Å². The number of aromatic carboxylic acids is 1. The van der Waals surface area contributed by atoms with Crippen LogP contribution in [0.15, 0.2) is 29.1 Å². The molecular formula is C14H12N2O3S. The van der Waals surface area contributed by atoms with E-state index in [1.54, 1.807) is 27.9 Å². The van der Waals surface area contributed by atoms with Gasteiger partial charge in [0, 0.05) is 17.6 Å².